The molecule has 0 saturated heterocycles. The number of hydrogen-bond acceptors (Lipinski definition) is 3. The van der Waals surface area contributed by atoms with Gasteiger partial charge in [-0.15, -0.1) is 11.3 Å². The van der Waals surface area contributed by atoms with Crippen LogP contribution in [0, 0.1) is 0 Å². The SMILES string of the molecule is COc1ccc(CBr)cc1OCc1ccc(Cl)s1. The summed E-state index contributed by atoms with van der Waals surface area (Å²) in [5, 5.41) is 0.790. The number of halogens is 2. The van der Waals surface area contributed by atoms with Crippen molar-refractivity contribution in [3.05, 3.63) is 45.1 Å². The Kier molecular flexibility index (Phi) is 4.92. The highest BCUT2D eigenvalue weighted by molar-refractivity contribution is 9.08. The van der Waals surface area contributed by atoms with Crippen LogP contribution in [0.3, 0.4) is 0 Å². The molecule has 2 nitrogen and oxygen atoms in total. The third-order valence-corrected chi connectivity index (χ3v) is 4.23. The smallest absolute Gasteiger partial charge is 0.162 e. The van der Waals surface area contributed by atoms with E-state index in [-0.39, 0.29) is 0 Å². The molecule has 0 N–H and O–H groups in total. The zero-order chi connectivity index (χ0) is 13.0. The first kappa shape index (κ1) is 13.7. The second-order valence-corrected chi connectivity index (χ2v) is 5.97. The van der Waals surface area contributed by atoms with Crippen molar-refractivity contribution in [3.8, 4) is 11.5 Å². The van der Waals surface area contributed by atoms with Gasteiger partial charge in [0.1, 0.15) is 6.61 Å². The molecule has 1 aromatic carbocycles. The Morgan fingerprint density at radius 1 is 1.22 bits per heavy atom. The minimum Gasteiger partial charge on any atom is -0.493 e. The molecule has 2 rings (SSSR count). The predicted molar refractivity (Wildman–Crippen MR) is 79.3 cm³/mol. The average Bonchev–Trinajstić information content (AvgIpc) is 2.81. The number of ether oxygens (including phenoxy) is 2. The van der Waals surface area contributed by atoms with Gasteiger partial charge in [-0.2, -0.15) is 0 Å². The van der Waals surface area contributed by atoms with E-state index in [1.165, 1.54) is 11.3 Å². The van der Waals surface area contributed by atoms with Crippen molar-refractivity contribution in [1.82, 2.24) is 0 Å². The van der Waals surface area contributed by atoms with Gasteiger partial charge >= 0.3 is 0 Å². The van der Waals surface area contributed by atoms with Gasteiger partial charge in [0.25, 0.3) is 0 Å². The molecule has 1 heterocycles. The van der Waals surface area contributed by atoms with Gasteiger partial charge in [0.05, 0.1) is 11.4 Å². The van der Waals surface area contributed by atoms with Crippen LogP contribution >= 0.6 is 38.9 Å². The van der Waals surface area contributed by atoms with Crippen LogP contribution < -0.4 is 9.47 Å². The predicted octanol–water partition coefficient (Wildman–Crippen LogP) is 4.88. The maximum atomic E-state index is 5.88. The Morgan fingerprint density at radius 3 is 2.67 bits per heavy atom. The molecule has 0 amide bonds. The molecule has 0 saturated carbocycles. The Balaban J connectivity index is 2.11. The van der Waals surface area contributed by atoms with Gasteiger partial charge in [0.15, 0.2) is 11.5 Å². The molecule has 0 bridgehead atoms. The van der Waals surface area contributed by atoms with Gasteiger partial charge in [0, 0.05) is 10.2 Å². The van der Waals surface area contributed by atoms with E-state index in [4.69, 9.17) is 21.1 Å². The number of benzene rings is 1. The monoisotopic (exact) mass is 346 g/mol. The lowest BCUT2D eigenvalue weighted by molar-refractivity contribution is 0.287. The van der Waals surface area contributed by atoms with Crippen LogP contribution in [0.2, 0.25) is 4.34 Å². The van der Waals surface area contributed by atoms with Crippen molar-refractivity contribution in [2.45, 2.75) is 11.9 Å². The summed E-state index contributed by atoms with van der Waals surface area (Å²) < 4.78 is 11.8. The summed E-state index contributed by atoms with van der Waals surface area (Å²) in [6, 6.07) is 9.73. The summed E-state index contributed by atoms with van der Waals surface area (Å²) in [4.78, 5) is 1.09. The molecule has 0 aliphatic heterocycles. The van der Waals surface area contributed by atoms with E-state index in [9.17, 15) is 0 Å². The van der Waals surface area contributed by atoms with Gasteiger partial charge in [-0.05, 0) is 29.8 Å². The summed E-state index contributed by atoms with van der Waals surface area (Å²) in [7, 11) is 1.64. The van der Waals surface area contributed by atoms with Crippen LogP contribution in [0.5, 0.6) is 11.5 Å². The second-order valence-electron chi connectivity index (χ2n) is 3.61. The molecule has 0 radical (unpaired) electrons. The van der Waals surface area contributed by atoms with Crippen molar-refractivity contribution in [1.29, 1.82) is 0 Å². The van der Waals surface area contributed by atoms with Crippen LogP contribution in [0.4, 0.5) is 0 Å². The molecular formula is C13H12BrClO2S. The van der Waals surface area contributed by atoms with Gasteiger partial charge in [0.2, 0.25) is 0 Å². The first-order valence-corrected chi connectivity index (χ1v) is 7.64. The lowest BCUT2D eigenvalue weighted by atomic mass is 10.2. The fourth-order valence-electron chi connectivity index (χ4n) is 1.50. The second kappa shape index (κ2) is 6.45. The van der Waals surface area contributed by atoms with Crippen molar-refractivity contribution in [3.63, 3.8) is 0 Å². The number of hydrogen-bond donors (Lipinski definition) is 0. The Morgan fingerprint density at radius 2 is 2.06 bits per heavy atom. The van der Waals surface area contributed by atoms with Gasteiger partial charge in [-0.1, -0.05) is 33.6 Å². The third-order valence-electron chi connectivity index (χ3n) is 2.38. The molecule has 0 aliphatic rings. The maximum Gasteiger partial charge on any atom is 0.162 e. The van der Waals surface area contributed by atoms with Crippen molar-refractivity contribution < 1.29 is 9.47 Å². The van der Waals surface area contributed by atoms with Crippen molar-refractivity contribution in [2.24, 2.45) is 0 Å². The van der Waals surface area contributed by atoms with Crippen LogP contribution in [-0.4, -0.2) is 7.11 Å². The van der Waals surface area contributed by atoms with Crippen LogP contribution in [-0.2, 0) is 11.9 Å². The third kappa shape index (κ3) is 3.40. The highest BCUT2D eigenvalue weighted by Crippen LogP contribution is 2.30. The molecule has 0 spiro atoms. The van der Waals surface area contributed by atoms with E-state index in [0.29, 0.717) is 6.61 Å². The summed E-state index contributed by atoms with van der Waals surface area (Å²) in [6.45, 7) is 0.499. The Bertz CT molecular complexity index is 527. The molecule has 1 aromatic heterocycles. The van der Waals surface area contributed by atoms with E-state index < -0.39 is 0 Å². The highest BCUT2D eigenvalue weighted by Gasteiger charge is 2.06. The van der Waals surface area contributed by atoms with E-state index in [1.807, 2.05) is 30.3 Å². The zero-order valence-corrected chi connectivity index (χ0v) is 12.9. The minimum absolute atomic E-state index is 0.499. The van der Waals surface area contributed by atoms with Gasteiger partial charge in [-0.3, -0.25) is 0 Å². The molecule has 2 aromatic rings. The van der Waals surface area contributed by atoms with Crippen molar-refractivity contribution in [2.75, 3.05) is 7.11 Å². The topological polar surface area (TPSA) is 18.5 Å². The van der Waals surface area contributed by atoms with Crippen LogP contribution in [0.1, 0.15) is 10.4 Å². The summed E-state index contributed by atoms with van der Waals surface area (Å²) >= 11 is 10.8. The Hall–Kier alpha value is -0.710. The molecule has 18 heavy (non-hydrogen) atoms. The summed E-state index contributed by atoms with van der Waals surface area (Å²) in [5.41, 5.74) is 1.15. The summed E-state index contributed by atoms with van der Waals surface area (Å²) in [6.07, 6.45) is 0. The standard InChI is InChI=1S/C13H12BrClO2S/c1-16-11-4-2-9(7-14)6-12(11)17-8-10-3-5-13(15)18-10/h2-6H,7-8H2,1H3. The van der Waals surface area contributed by atoms with E-state index in [2.05, 4.69) is 15.9 Å². The average molecular weight is 348 g/mol. The van der Waals surface area contributed by atoms with Crippen LogP contribution in [0.25, 0.3) is 0 Å². The van der Waals surface area contributed by atoms with E-state index in [0.717, 1.165) is 31.6 Å². The number of thiophene rings is 1. The molecule has 0 unspecified atom stereocenters. The number of alkyl halides is 1. The normalized spacial score (nSPS) is 10.4. The molecule has 0 aliphatic carbocycles. The fourth-order valence-corrected chi connectivity index (χ4v) is 2.84. The van der Waals surface area contributed by atoms with Crippen LogP contribution in [0.15, 0.2) is 30.3 Å². The molecule has 96 valence electrons. The first-order chi connectivity index (χ1) is 8.72. The number of methoxy groups -OCH3 is 1. The Labute approximate surface area is 124 Å². The quantitative estimate of drug-likeness (QED) is 0.717. The molecule has 0 fully saturated rings. The van der Waals surface area contributed by atoms with Gasteiger partial charge < -0.3 is 9.47 Å². The molecule has 0 atom stereocenters. The molecular weight excluding hydrogens is 336 g/mol. The highest BCUT2D eigenvalue weighted by atomic mass is 79.9. The van der Waals surface area contributed by atoms with Crippen molar-refractivity contribution >= 4 is 38.9 Å². The largest absolute Gasteiger partial charge is 0.493 e. The fraction of sp³-hybridized carbons (Fsp3) is 0.231. The lowest BCUT2D eigenvalue weighted by Crippen LogP contribution is -1.96. The summed E-state index contributed by atoms with van der Waals surface area (Å²) in [5.74, 6) is 1.49. The van der Waals surface area contributed by atoms with E-state index in [1.54, 1.807) is 7.11 Å². The van der Waals surface area contributed by atoms with E-state index >= 15 is 0 Å². The first-order valence-electron chi connectivity index (χ1n) is 5.33. The zero-order valence-electron chi connectivity index (χ0n) is 9.78. The lowest BCUT2D eigenvalue weighted by Gasteiger charge is -2.11. The minimum atomic E-state index is 0.499. The maximum absolute atomic E-state index is 5.88. The molecule has 5 heteroatoms. The number of rotatable bonds is 5. The van der Waals surface area contributed by atoms with Gasteiger partial charge in [-0.25, -0.2) is 0 Å².